The van der Waals surface area contributed by atoms with Crippen LogP contribution in [0.3, 0.4) is 0 Å². The van der Waals surface area contributed by atoms with E-state index in [4.69, 9.17) is 4.74 Å². The number of fused-ring (bicyclic) bond motifs is 1. The molecule has 1 N–H and O–H groups in total. The molecule has 0 unspecified atom stereocenters. The number of hydrogen-bond donors (Lipinski definition) is 1. The topological polar surface area (TPSA) is 51.2 Å². The lowest BCUT2D eigenvalue weighted by Gasteiger charge is -2.08. The summed E-state index contributed by atoms with van der Waals surface area (Å²) in [6.45, 7) is 3.13. The Morgan fingerprint density at radius 3 is 2.77 bits per heavy atom. The maximum Gasteiger partial charge on any atom is 0.244 e. The van der Waals surface area contributed by atoms with Gasteiger partial charge in [-0.2, -0.15) is 0 Å². The second-order valence-electron chi connectivity index (χ2n) is 6.07. The first-order chi connectivity index (χ1) is 12.7. The minimum Gasteiger partial charge on any atom is -0.491 e. The lowest BCUT2D eigenvalue weighted by Crippen LogP contribution is -2.23. The molecule has 0 spiro atoms. The number of nitrogens with zero attached hydrogens (tertiary/aromatic N) is 1. The molecular weight excluding hydrogens is 324 g/mol. The summed E-state index contributed by atoms with van der Waals surface area (Å²) in [6.07, 6.45) is 5.86. The van der Waals surface area contributed by atoms with Gasteiger partial charge in [-0.3, -0.25) is 9.78 Å². The van der Waals surface area contributed by atoms with Crippen LogP contribution < -0.4 is 10.1 Å². The number of rotatable bonds is 7. The molecule has 1 amide bonds. The smallest absolute Gasteiger partial charge is 0.244 e. The monoisotopic (exact) mass is 346 g/mol. The molecule has 0 atom stereocenters. The molecular formula is C22H22N2O2. The molecule has 1 aromatic heterocycles. The summed E-state index contributed by atoms with van der Waals surface area (Å²) in [5.41, 5.74) is 3.07. The third-order valence-corrected chi connectivity index (χ3v) is 3.98. The minimum atomic E-state index is -0.0996. The van der Waals surface area contributed by atoms with Gasteiger partial charge in [0, 0.05) is 24.2 Å². The molecule has 132 valence electrons. The molecule has 3 rings (SSSR count). The molecule has 0 saturated heterocycles. The van der Waals surface area contributed by atoms with Gasteiger partial charge in [0.15, 0.2) is 0 Å². The first-order valence-corrected chi connectivity index (χ1v) is 8.71. The van der Waals surface area contributed by atoms with Crippen LogP contribution in [0.25, 0.3) is 17.0 Å². The summed E-state index contributed by atoms with van der Waals surface area (Å²) >= 11 is 0. The van der Waals surface area contributed by atoms with Crippen LogP contribution in [0.5, 0.6) is 5.75 Å². The Bertz CT molecular complexity index is 896. The van der Waals surface area contributed by atoms with Crippen molar-refractivity contribution < 1.29 is 9.53 Å². The second kappa shape index (κ2) is 8.81. The Morgan fingerprint density at radius 2 is 1.92 bits per heavy atom. The predicted octanol–water partition coefficient (Wildman–Crippen LogP) is 4.14. The fourth-order valence-corrected chi connectivity index (χ4v) is 2.57. The Hall–Kier alpha value is -3.14. The first kappa shape index (κ1) is 17.7. The summed E-state index contributed by atoms with van der Waals surface area (Å²) in [4.78, 5) is 16.2. The van der Waals surface area contributed by atoms with E-state index in [2.05, 4.69) is 10.3 Å². The number of para-hydroxylation sites is 1. The molecule has 0 aliphatic heterocycles. The van der Waals surface area contributed by atoms with Gasteiger partial charge in [0.05, 0.1) is 6.61 Å². The molecule has 0 bridgehead atoms. The Kier molecular flexibility index (Phi) is 5.99. The third-order valence-electron chi connectivity index (χ3n) is 3.98. The molecule has 0 radical (unpaired) electrons. The van der Waals surface area contributed by atoms with Gasteiger partial charge in [0.1, 0.15) is 11.3 Å². The normalized spacial score (nSPS) is 11.0. The molecule has 26 heavy (non-hydrogen) atoms. The van der Waals surface area contributed by atoms with E-state index in [0.717, 1.165) is 28.6 Å². The minimum absolute atomic E-state index is 0.0996. The highest BCUT2D eigenvalue weighted by Gasteiger charge is 2.02. The molecule has 4 heteroatoms. The highest BCUT2D eigenvalue weighted by atomic mass is 16.5. The van der Waals surface area contributed by atoms with E-state index in [9.17, 15) is 4.79 Å². The van der Waals surface area contributed by atoms with Crippen molar-refractivity contribution in [1.29, 1.82) is 0 Å². The van der Waals surface area contributed by atoms with Crippen molar-refractivity contribution in [3.05, 3.63) is 78.0 Å². The highest BCUT2D eigenvalue weighted by molar-refractivity contribution is 5.91. The number of benzene rings is 2. The molecule has 0 aliphatic carbocycles. The van der Waals surface area contributed by atoms with Crippen LogP contribution in [-0.4, -0.2) is 24.0 Å². The Labute approximate surface area is 153 Å². The number of nitrogens with one attached hydrogen (secondary N) is 1. The number of hydrogen-bond acceptors (Lipinski definition) is 3. The number of carbonyl (C=O) groups is 1. The van der Waals surface area contributed by atoms with Gasteiger partial charge in [-0.25, -0.2) is 0 Å². The van der Waals surface area contributed by atoms with Crippen molar-refractivity contribution in [3.8, 4) is 5.75 Å². The second-order valence-corrected chi connectivity index (χ2v) is 6.07. The van der Waals surface area contributed by atoms with Crippen LogP contribution in [0, 0.1) is 6.92 Å². The molecule has 4 nitrogen and oxygen atoms in total. The van der Waals surface area contributed by atoms with Crippen molar-refractivity contribution in [1.82, 2.24) is 10.3 Å². The summed E-state index contributed by atoms with van der Waals surface area (Å²) in [6, 6.07) is 17.8. The first-order valence-electron chi connectivity index (χ1n) is 8.71. The van der Waals surface area contributed by atoms with Gasteiger partial charge >= 0.3 is 0 Å². The molecule has 3 aromatic rings. The molecule has 2 aromatic carbocycles. The summed E-state index contributed by atoms with van der Waals surface area (Å²) in [5, 5.41) is 3.92. The fraction of sp³-hybridized carbons (Fsp3) is 0.182. The van der Waals surface area contributed by atoms with Gasteiger partial charge < -0.3 is 10.1 Å². The number of aryl methyl sites for hydroxylation is 1. The number of pyridine rings is 1. The largest absolute Gasteiger partial charge is 0.491 e. The Balaban J connectivity index is 1.41. The molecule has 0 fully saturated rings. The number of aromatic nitrogens is 1. The molecule has 0 aliphatic rings. The van der Waals surface area contributed by atoms with E-state index in [0.29, 0.717) is 13.2 Å². The lowest BCUT2D eigenvalue weighted by atomic mass is 10.1. The van der Waals surface area contributed by atoms with Crippen LogP contribution in [0.15, 0.2) is 66.9 Å². The maximum atomic E-state index is 11.8. The van der Waals surface area contributed by atoms with Crippen LogP contribution in [0.1, 0.15) is 17.5 Å². The van der Waals surface area contributed by atoms with Crippen LogP contribution in [0.4, 0.5) is 0 Å². The Morgan fingerprint density at radius 1 is 1.12 bits per heavy atom. The third kappa shape index (κ3) is 4.93. The zero-order valence-electron chi connectivity index (χ0n) is 14.8. The molecule has 1 heterocycles. The van der Waals surface area contributed by atoms with Gasteiger partial charge in [-0.1, -0.05) is 48.0 Å². The van der Waals surface area contributed by atoms with Crippen molar-refractivity contribution >= 4 is 22.9 Å². The van der Waals surface area contributed by atoms with Crippen LogP contribution in [0.2, 0.25) is 0 Å². The van der Waals surface area contributed by atoms with Crippen molar-refractivity contribution in [2.75, 3.05) is 13.2 Å². The van der Waals surface area contributed by atoms with Gasteiger partial charge in [0.25, 0.3) is 0 Å². The van der Waals surface area contributed by atoms with Crippen LogP contribution >= 0.6 is 0 Å². The zero-order valence-corrected chi connectivity index (χ0v) is 14.8. The maximum absolute atomic E-state index is 11.8. The van der Waals surface area contributed by atoms with Gasteiger partial charge in [-0.05, 0) is 37.1 Å². The number of ether oxygens (including phenoxy) is 1. The average Bonchev–Trinajstić information content (AvgIpc) is 2.67. The van der Waals surface area contributed by atoms with Crippen molar-refractivity contribution in [2.45, 2.75) is 13.3 Å². The van der Waals surface area contributed by atoms with Gasteiger partial charge in [-0.15, -0.1) is 0 Å². The van der Waals surface area contributed by atoms with Crippen molar-refractivity contribution in [3.63, 3.8) is 0 Å². The van der Waals surface area contributed by atoms with E-state index < -0.39 is 0 Å². The zero-order chi connectivity index (χ0) is 18.2. The lowest BCUT2D eigenvalue weighted by molar-refractivity contribution is -0.116. The van der Waals surface area contributed by atoms with E-state index in [1.807, 2.05) is 67.6 Å². The predicted molar refractivity (Wildman–Crippen MR) is 105 cm³/mol. The molecule has 0 saturated carbocycles. The standard InChI is InChI=1S/C22H22N2O2/c1-17-8-10-18(11-9-17)12-13-21(25)23-15-4-16-26-20-7-2-5-19-6-3-14-24-22(19)20/h2-3,5-14H,4,15-16H2,1H3,(H,23,25)/b13-12+. The average molecular weight is 346 g/mol. The SMILES string of the molecule is Cc1ccc(/C=C/C(=O)NCCCOc2cccc3cccnc23)cc1. The van der Waals surface area contributed by atoms with Crippen molar-refractivity contribution in [2.24, 2.45) is 0 Å². The summed E-state index contributed by atoms with van der Waals surface area (Å²) in [7, 11) is 0. The van der Waals surface area contributed by atoms with Gasteiger partial charge in [0.2, 0.25) is 5.91 Å². The quantitative estimate of drug-likeness (QED) is 0.517. The van der Waals surface area contributed by atoms with E-state index in [-0.39, 0.29) is 5.91 Å². The van der Waals surface area contributed by atoms with E-state index >= 15 is 0 Å². The number of amides is 1. The highest BCUT2D eigenvalue weighted by Crippen LogP contribution is 2.22. The summed E-state index contributed by atoms with van der Waals surface area (Å²) < 4.78 is 5.81. The number of carbonyl (C=O) groups excluding carboxylic acids is 1. The van der Waals surface area contributed by atoms with E-state index in [1.54, 1.807) is 12.3 Å². The fourth-order valence-electron chi connectivity index (χ4n) is 2.57. The van der Waals surface area contributed by atoms with Crippen LogP contribution in [-0.2, 0) is 4.79 Å². The summed E-state index contributed by atoms with van der Waals surface area (Å²) in [5.74, 6) is 0.672. The van der Waals surface area contributed by atoms with E-state index in [1.165, 1.54) is 5.56 Å².